The summed E-state index contributed by atoms with van der Waals surface area (Å²) in [7, 11) is 0. The lowest BCUT2D eigenvalue weighted by molar-refractivity contribution is -0.121. The van der Waals surface area contributed by atoms with Gasteiger partial charge in [-0.25, -0.2) is 9.97 Å². The molecule has 1 unspecified atom stereocenters. The number of nitrogens with zero attached hydrogens (tertiary/aromatic N) is 2. The van der Waals surface area contributed by atoms with Gasteiger partial charge in [0.1, 0.15) is 5.01 Å². The predicted molar refractivity (Wildman–Crippen MR) is 119 cm³/mol. The van der Waals surface area contributed by atoms with E-state index in [0.717, 1.165) is 26.7 Å². The molecule has 2 aromatic carbocycles. The first-order valence-electron chi connectivity index (χ1n) is 9.92. The third kappa shape index (κ3) is 4.66. The van der Waals surface area contributed by atoms with E-state index in [9.17, 15) is 4.79 Å². The smallest absolute Gasteiger partial charge is 0.221 e. The van der Waals surface area contributed by atoms with Gasteiger partial charge in [0.05, 0.1) is 22.8 Å². The van der Waals surface area contributed by atoms with Crippen LogP contribution in [0.4, 0.5) is 0 Å². The molecule has 0 saturated carbocycles. The van der Waals surface area contributed by atoms with E-state index in [-0.39, 0.29) is 11.9 Å². The lowest BCUT2D eigenvalue weighted by Gasteiger charge is -2.12. The van der Waals surface area contributed by atoms with E-state index in [0.29, 0.717) is 24.5 Å². The summed E-state index contributed by atoms with van der Waals surface area (Å²) in [5.41, 5.74) is 3.02. The van der Waals surface area contributed by atoms with Crippen molar-refractivity contribution < 1.29 is 9.21 Å². The second-order valence-electron chi connectivity index (χ2n) is 7.11. The molecule has 4 rings (SSSR count). The van der Waals surface area contributed by atoms with Gasteiger partial charge in [-0.2, -0.15) is 0 Å². The fourth-order valence-corrected chi connectivity index (χ4v) is 4.35. The fourth-order valence-electron chi connectivity index (χ4n) is 3.28. The minimum absolute atomic E-state index is 0.0315. The number of amides is 1. The highest BCUT2D eigenvalue weighted by atomic mass is 32.1. The SMILES string of the molecule is Cc1nc(-c2ccccc2)sc1C(C)NC(=O)CCc1ncc(-c2ccccc2)o1. The molecule has 30 heavy (non-hydrogen) atoms. The molecule has 2 heterocycles. The molecule has 6 heteroatoms. The van der Waals surface area contributed by atoms with Gasteiger partial charge < -0.3 is 9.73 Å². The maximum atomic E-state index is 12.5. The summed E-state index contributed by atoms with van der Waals surface area (Å²) >= 11 is 1.62. The van der Waals surface area contributed by atoms with Crippen molar-refractivity contribution in [1.82, 2.24) is 15.3 Å². The normalized spacial score (nSPS) is 11.9. The molecule has 0 aliphatic rings. The van der Waals surface area contributed by atoms with Crippen molar-refractivity contribution in [3.8, 4) is 21.9 Å². The Kier molecular flexibility index (Phi) is 6.05. The summed E-state index contributed by atoms with van der Waals surface area (Å²) in [6, 6.07) is 19.8. The van der Waals surface area contributed by atoms with Gasteiger partial charge in [0, 0.05) is 24.0 Å². The van der Waals surface area contributed by atoms with E-state index in [1.807, 2.05) is 74.5 Å². The molecular formula is C24H23N3O2S. The number of aromatic nitrogens is 2. The van der Waals surface area contributed by atoms with Gasteiger partial charge >= 0.3 is 0 Å². The van der Waals surface area contributed by atoms with Crippen molar-refractivity contribution in [3.63, 3.8) is 0 Å². The second kappa shape index (κ2) is 9.05. The van der Waals surface area contributed by atoms with Crippen LogP contribution in [0.5, 0.6) is 0 Å². The molecule has 0 fully saturated rings. The average Bonchev–Trinajstić information content (AvgIpc) is 3.40. The van der Waals surface area contributed by atoms with Crippen LogP contribution in [0, 0.1) is 6.92 Å². The lowest BCUT2D eigenvalue weighted by Crippen LogP contribution is -2.26. The first-order chi connectivity index (χ1) is 14.6. The Hall–Kier alpha value is -3.25. The van der Waals surface area contributed by atoms with Crippen molar-refractivity contribution in [2.75, 3.05) is 0 Å². The Balaban J connectivity index is 1.34. The van der Waals surface area contributed by atoms with Crippen molar-refractivity contribution in [2.24, 2.45) is 0 Å². The minimum Gasteiger partial charge on any atom is -0.441 e. The molecule has 0 spiro atoms. The zero-order valence-corrected chi connectivity index (χ0v) is 17.8. The van der Waals surface area contributed by atoms with Crippen molar-refractivity contribution in [1.29, 1.82) is 0 Å². The molecule has 0 aliphatic heterocycles. The number of oxazole rings is 1. The van der Waals surface area contributed by atoms with Crippen LogP contribution >= 0.6 is 11.3 Å². The van der Waals surface area contributed by atoms with E-state index in [4.69, 9.17) is 4.42 Å². The van der Waals surface area contributed by atoms with E-state index in [1.165, 1.54) is 0 Å². The summed E-state index contributed by atoms with van der Waals surface area (Å²) in [5, 5.41) is 4.04. The summed E-state index contributed by atoms with van der Waals surface area (Å²) < 4.78 is 5.78. The molecule has 0 radical (unpaired) electrons. The molecule has 4 aromatic rings. The van der Waals surface area contributed by atoms with Crippen LogP contribution in [-0.2, 0) is 11.2 Å². The first-order valence-corrected chi connectivity index (χ1v) is 10.7. The molecule has 0 aliphatic carbocycles. The number of nitrogens with one attached hydrogen (secondary N) is 1. The van der Waals surface area contributed by atoms with Crippen molar-refractivity contribution in [2.45, 2.75) is 32.7 Å². The Bertz CT molecular complexity index is 1120. The highest BCUT2D eigenvalue weighted by Gasteiger charge is 2.17. The van der Waals surface area contributed by atoms with Crippen molar-refractivity contribution >= 4 is 17.2 Å². The number of hydrogen-bond donors (Lipinski definition) is 1. The highest BCUT2D eigenvalue weighted by Crippen LogP contribution is 2.31. The molecule has 5 nitrogen and oxygen atoms in total. The van der Waals surface area contributed by atoms with Crippen LogP contribution in [-0.4, -0.2) is 15.9 Å². The third-order valence-corrected chi connectivity index (χ3v) is 6.19. The minimum atomic E-state index is -0.100. The summed E-state index contributed by atoms with van der Waals surface area (Å²) in [6.07, 6.45) is 2.49. The highest BCUT2D eigenvalue weighted by molar-refractivity contribution is 7.15. The number of aryl methyl sites for hydroxylation is 2. The Labute approximate surface area is 179 Å². The standard InChI is InChI=1S/C24H23N3O2S/c1-16(23-17(2)27-24(30-23)19-11-7-4-8-12-19)26-21(28)13-14-22-25-15-20(29-22)18-9-5-3-6-10-18/h3-12,15-16H,13-14H2,1-2H3,(H,26,28). The molecule has 1 atom stereocenters. The largest absolute Gasteiger partial charge is 0.441 e. The number of hydrogen-bond acceptors (Lipinski definition) is 5. The topological polar surface area (TPSA) is 68.0 Å². The molecule has 1 N–H and O–H groups in total. The molecule has 1 amide bonds. The number of benzene rings is 2. The van der Waals surface area contributed by atoms with Gasteiger partial charge in [0.2, 0.25) is 5.91 Å². The number of carbonyl (C=O) groups excluding carboxylic acids is 1. The summed E-state index contributed by atoms with van der Waals surface area (Å²) in [5.74, 6) is 1.25. The van der Waals surface area contributed by atoms with E-state index >= 15 is 0 Å². The number of rotatable bonds is 7. The third-order valence-electron chi connectivity index (χ3n) is 4.80. The molecule has 2 aromatic heterocycles. The Morgan fingerprint density at radius 1 is 1.07 bits per heavy atom. The Morgan fingerprint density at radius 2 is 1.73 bits per heavy atom. The maximum Gasteiger partial charge on any atom is 0.221 e. The fraction of sp³-hybridized carbons (Fsp3) is 0.208. The van der Waals surface area contributed by atoms with Crippen LogP contribution in [0.3, 0.4) is 0 Å². The van der Waals surface area contributed by atoms with Crippen LogP contribution in [0.2, 0.25) is 0 Å². The van der Waals surface area contributed by atoms with Crippen molar-refractivity contribution in [3.05, 3.63) is 83.3 Å². The van der Waals surface area contributed by atoms with Crippen LogP contribution in [0.1, 0.15) is 35.8 Å². The van der Waals surface area contributed by atoms with E-state index < -0.39 is 0 Å². The first kappa shape index (κ1) is 20.0. The lowest BCUT2D eigenvalue weighted by atomic mass is 10.2. The quantitative estimate of drug-likeness (QED) is 0.426. The summed E-state index contributed by atoms with van der Waals surface area (Å²) in [6.45, 7) is 3.98. The monoisotopic (exact) mass is 417 g/mol. The van der Waals surface area contributed by atoms with Crippen LogP contribution in [0.15, 0.2) is 71.3 Å². The second-order valence-corrected chi connectivity index (χ2v) is 8.14. The van der Waals surface area contributed by atoms with Crippen LogP contribution < -0.4 is 5.32 Å². The molecular weight excluding hydrogens is 394 g/mol. The van der Waals surface area contributed by atoms with Gasteiger partial charge in [-0.1, -0.05) is 60.7 Å². The van der Waals surface area contributed by atoms with E-state index in [2.05, 4.69) is 15.3 Å². The Morgan fingerprint density at radius 3 is 2.43 bits per heavy atom. The molecule has 0 bridgehead atoms. The van der Waals surface area contributed by atoms with Gasteiger partial charge in [0.15, 0.2) is 11.7 Å². The zero-order chi connectivity index (χ0) is 20.9. The zero-order valence-electron chi connectivity index (χ0n) is 17.0. The van der Waals surface area contributed by atoms with Gasteiger partial charge in [0.25, 0.3) is 0 Å². The molecule has 0 saturated heterocycles. The van der Waals surface area contributed by atoms with Gasteiger partial charge in [-0.3, -0.25) is 4.79 Å². The summed E-state index contributed by atoms with van der Waals surface area (Å²) in [4.78, 5) is 22.5. The average molecular weight is 418 g/mol. The van der Waals surface area contributed by atoms with Crippen LogP contribution in [0.25, 0.3) is 21.9 Å². The van der Waals surface area contributed by atoms with Gasteiger partial charge in [-0.05, 0) is 13.8 Å². The maximum absolute atomic E-state index is 12.5. The van der Waals surface area contributed by atoms with Gasteiger partial charge in [-0.15, -0.1) is 11.3 Å². The van der Waals surface area contributed by atoms with E-state index in [1.54, 1.807) is 17.5 Å². The number of thiazole rings is 1. The number of carbonyl (C=O) groups is 1. The molecule has 152 valence electrons. The predicted octanol–water partition coefficient (Wildman–Crippen LogP) is 5.58.